The maximum absolute atomic E-state index is 13.5. The van der Waals surface area contributed by atoms with Gasteiger partial charge in [0.2, 0.25) is 0 Å². The minimum atomic E-state index is -0.113. The highest BCUT2D eigenvalue weighted by molar-refractivity contribution is 5.71. The molecule has 2 aromatic carbocycles. The summed E-state index contributed by atoms with van der Waals surface area (Å²) in [4.78, 5) is 19.4. The molecule has 0 bridgehead atoms. The number of aryl methyl sites for hydroxylation is 2. The third-order valence-corrected chi connectivity index (χ3v) is 11.6. The SMILES string of the molecule is CCN(c1cc(-c2ccc(C(C)(C)[N+]3(Cc4c5c(c(C)[nH]c4=O)CCCC5)CCCCC3)cc2)ccc1C)C1CCOCC1. The Morgan fingerprint density at radius 3 is 2.23 bits per heavy atom. The minimum Gasteiger partial charge on any atom is -0.381 e. The van der Waals surface area contributed by atoms with Gasteiger partial charge in [-0.3, -0.25) is 4.79 Å². The van der Waals surface area contributed by atoms with Gasteiger partial charge in [0.15, 0.2) is 0 Å². The van der Waals surface area contributed by atoms with Crippen LogP contribution in [0.15, 0.2) is 47.3 Å². The van der Waals surface area contributed by atoms with Crippen LogP contribution in [0.3, 0.4) is 0 Å². The van der Waals surface area contributed by atoms with E-state index in [0.717, 1.165) is 80.8 Å². The summed E-state index contributed by atoms with van der Waals surface area (Å²) in [6.45, 7) is 17.3. The summed E-state index contributed by atoms with van der Waals surface area (Å²) in [5.41, 5.74) is 11.6. The summed E-state index contributed by atoms with van der Waals surface area (Å²) in [6.07, 6.45) is 10.5. The van der Waals surface area contributed by atoms with Crippen molar-refractivity contribution in [3.05, 3.63) is 86.3 Å². The van der Waals surface area contributed by atoms with Crippen molar-refractivity contribution in [1.29, 1.82) is 0 Å². The van der Waals surface area contributed by atoms with Gasteiger partial charge in [0.1, 0.15) is 12.1 Å². The second-order valence-corrected chi connectivity index (χ2v) is 14.3. The zero-order valence-electron chi connectivity index (χ0n) is 27.9. The van der Waals surface area contributed by atoms with E-state index in [1.165, 1.54) is 71.2 Å². The van der Waals surface area contributed by atoms with Crippen LogP contribution < -0.4 is 10.5 Å². The van der Waals surface area contributed by atoms with E-state index < -0.39 is 0 Å². The highest BCUT2D eigenvalue weighted by Crippen LogP contribution is 2.42. The number of hydrogen-bond donors (Lipinski definition) is 1. The first-order chi connectivity index (χ1) is 21.2. The molecule has 3 aromatic rings. The summed E-state index contributed by atoms with van der Waals surface area (Å²) in [5, 5.41) is 0. The molecule has 1 aliphatic carbocycles. The first-order valence-corrected chi connectivity index (χ1v) is 17.4. The Hall–Kier alpha value is -2.89. The summed E-state index contributed by atoms with van der Waals surface area (Å²) < 4.78 is 6.62. The van der Waals surface area contributed by atoms with Crippen molar-refractivity contribution in [1.82, 2.24) is 4.98 Å². The van der Waals surface area contributed by atoms with Crippen molar-refractivity contribution in [2.24, 2.45) is 0 Å². The molecule has 2 saturated heterocycles. The van der Waals surface area contributed by atoms with Crippen LogP contribution in [-0.2, 0) is 29.7 Å². The Balaban J connectivity index is 1.32. The van der Waals surface area contributed by atoms with Crippen LogP contribution in [0.25, 0.3) is 11.1 Å². The number of fused-ring (bicyclic) bond motifs is 1. The summed E-state index contributed by atoms with van der Waals surface area (Å²) >= 11 is 0. The Bertz CT molecular complexity index is 1510. The van der Waals surface area contributed by atoms with E-state index >= 15 is 0 Å². The van der Waals surface area contributed by atoms with Crippen LogP contribution in [0, 0.1) is 13.8 Å². The molecule has 2 aliphatic heterocycles. The number of ether oxygens (including phenoxy) is 1. The van der Waals surface area contributed by atoms with Gasteiger partial charge in [-0.15, -0.1) is 0 Å². The standard InChI is InChI=1S/C39H53N3O2/c1-6-41(33-20-24-44-25-21-33)37-26-31(15-14-28(37)2)30-16-18-32(19-17-30)39(4,5)42(22-10-7-11-23-42)27-36-35-13-9-8-12-34(35)29(3)40-38(36)43/h14-19,26,33H,6-13,20-25,27H2,1-5H3/p+1. The molecule has 3 heterocycles. The number of piperidine rings is 1. The molecular weight excluding hydrogens is 542 g/mol. The molecule has 0 radical (unpaired) electrons. The molecular formula is C39H54N3O2+. The first-order valence-electron chi connectivity index (χ1n) is 17.4. The van der Waals surface area contributed by atoms with Gasteiger partial charge in [0.05, 0.1) is 18.7 Å². The number of nitrogens with one attached hydrogen (secondary N) is 1. The quantitative estimate of drug-likeness (QED) is 0.268. The average Bonchev–Trinajstić information content (AvgIpc) is 3.05. The van der Waals surface area contributed by atoms with Crippen LogP contribution in [-0.4, -0.2) is 48.4 Å². The lowest BCUT2D eigenvalue weighted by molar-refractivity contribution is -0.996. The number of benzene rings is 2. The largest absolute Gasteiger partial charge is 0.381 e. The van der Waals surface area contributed by atoms with Gasteiger partial charge < -0.3 is 19.1 Å². The van der Waals surface area contributed by atoms with Crippen LogP contribution in [0.1, 0.15) is 99.2 Å². The van der Waals surface area contributed by atoms with Gasteiger partial charge in [-0.2, -0.15) is 0 Å². The van der Waals surface area contributed by atoms with Gasteiger partial charge >= 0.3 is 0 Å². The van der Waals surface area contributed by atoms with Crippen molar-refractivity contribution in [2.45, 2.75) is 111 Å². The number of hydrogen-bond acceptors (Lipinski definition) is 3. The molecule has 236 valence electrons. The lowest BCUT2D eigenvalue weighted by Crippen LogP contribution is -2.62. The Morgan fingerprint density at radius 2 is 1.55 bits per heavy atom. The van der Waals surface area contributed by atoms with Crippen LogP contribution in [0.5, 0.6) is 0 Å². The molecule has 0 unspecified atom stereocenters. The van der Waals surface area contributed by atoms with E-state index in [-0.39, 0.29) is 11.1 Å². The molecule has 5 heteroatoms. The molecule has 0 spiro atoms. The van der Waals surface area contributed by atoms with Gasteiger partial charge in [0.25, 0.3) is 5.56 Å². The first kappa shape index (κ1) is 31.1. The van der Waals surface area contributed by atoms with Gasteiger partial charge in [0, 0.05) is 42.7 Å². The lowest BCUT2D eigenvalue weighted by Gasteiger charge is -2.53. The van der Waals surface area contributed by atoms with Crippen LogP contribution >= 0.6 is 0 Å². The fourth-order valence-corrected chi connectivity index (χ4v) is 8.68. The summed E-state index contributed by atoms with van der Waals surface area (Å²) in [7, 11) is 0. The highest BCUT2D eigenvalue weighted by Gasteiger charge is 2.46. The number of quaternary nitrogens is 1. The molecule has 0 amide bonds. The van der Waals surface area contributed by atoms with Gasteiger partial charge in [-0.25, -0.2) is 0 Å². The van der Waals surface area contributed by atoms with Crippen LogP contribution in [0.4, 0.5) is 5.69 Å². The monoisotopic (exact) mass is 596 g/mol. The number of H-pyrrole nitrogens is 1. The maximum Gasteiger partial charge on any atom is 0.257 e. The molecule has 1 aromatic heterocycles. The molecule has 1 N–H and O–H groups in total. The molecule has 0 atom stereocenters. The molecule has 6 rings (SSSR count). The number of likely N-dealkylation sites (tertiary alicyclic amines) is 1. The van der Waals surface area contributed by atoms with Crippen LogP contribution in [0.2, 0.25) is 0 Å². The Labute approximate surface area is 265 Å². The van der Waals surface area contributed by atoms with Crippen molar-refractivity contribution in [3.63, 3.8) is 0 Å². The molecule has 3 aliphatic rings. The summed E-state index contributed by atoms with van der Waals surface area (Å²) in [6, 6.07) is 16.9. The number of pyridine rings is 1. The summed E-state index contributed by atoms with van der Waals surface area (Å²) in [5.74, 6) is 0. The van der Waals surface area contributed by atoms with E-state index in [0.29, 0.717) is 6.04 Å². The fraction of sp³-hybridized carbons (Fsp3) is 0.564. The predicted molar refractivity (Wildman–Crippen MR) is 182 cm³/mol. The van der Waals surface area contributed by atoms with E-state index in [4.69, 9.17) is 4.74 Å². The normalized spacial score (nSPS) is 19.0. The van der Waals surface area contributed by atoms with E-state index in [9.17, 15) is 4.79 Å². The zero-order valence-corrected chi connectivity index (χ0v) is 27.9. The smallest absolute Gasteiger partial charge is 0.257 e. The highest BCUT2D eigenvalue weighted by atomic mass is 16.5. The number of aromatic nitrogens is 1. The van der Waals surface area contributed by atoms with Crippen molar-refractivity contribution < 1.29 is 9.22 Å². The number of rotatable bonds is 8. The predicted octanol–water partition coefficient (Wildman–Crippen LogP) is 7.98. The van der Waals surface area contributed by atoms with Crippen molar-refractivity contribution >= 4 is 5.69 Å². The van der Waals surface area contributed by atoms with Crippen molar-refractivity contribution in [2.75, 3.05) is 37.7 Å². The Morgan fingerprint density at radius 1 is 0.886 bits per heavy atom. The lowest BCUT2D eigenvalue weighted by atomic mass is 9.83. The zero-order chi connectivity index (χ0) is 30.9. The molecule has 2 fully saturated rings. The van der Waals surface area contributed by atoms with Gasteiger partial charge in [-0.1, -0.05) is 36.4 Å². The third-order valence-electron chi connectivity index (χ3n) is 11.6. The number of nitrogens with zero attached hydrogens (tertiary/aromatic N) is 2. The molecule has 0 saturated carbocycles. The van der Waals surface area contributed by atoms with E-state index in [2.05, 4.69) is 87.0 Å². The topological polar surface area (TPSA) is 45.3 Å². The molecule has 44 heavy (non-hydrogen) atoms. The Kier molecular flexibility index (Phi) is 9.08. The van der Waals surface area contributed by atoms with Gasteiger partial charge in [-0.05, 0) is 126 Å². The van der Waals surface area contributed by atoms with E-state index in [1.807, 2.05) is 0 Å². The average molecular weight is 597 g/mol. The van der Waals surface area contributed by atoms with Crippen molar-refractivity contribution in [3.8, 4) is 11.1 Å². The number of anilines is 1. The fourth-order valence-electron chi connectivity index (χ4n) is 8.68. The third kappa shape index (κ3) is 5.78. The minimum absolute atomic E-state index is 0.113. The molecule has 5 nitrogen and oxygen atoms in total. The maximum atomic E-state index is 13.5. The van der Waals surface area contributed by atoms with E-state index in [1.54, 1.807) is 0 Å². The second kappa shape index (κ2) is 12.8. The second-order valence-electron chi connectivity index (χ2n) is 14.3. The number of aromatic amines is 1.